The number of rotatable bonds is 6. The van der Waals surface area contributed by atoms with Crippen molar-refractivity contribution in [2.45, 2.75) is 13.0 Å². The number of amidine groups is 1. The molecule has 0 saturated carbocycles. The first-order chi connectivity index (χ1) is 13.1. The van der Waals surface area contributed by atoms with E-state index in [0.29, 0.717) is 13.1 Å². The van der Waals surface area contributed by atoms with Crippen molar-refractivity contribution in [2.75, 3.05) is 25.5 Å². The van der Waals surface area contributed by atoms with E-state index in [1.807, 2.05) is 77.7 Å². The molecule has 0 saturated heterocycles. The van der Waals surface area contributed by atoms with Crippen LogP contribution in [-0.4, -0.2) is 51.3 Å². The fraction of sp³-hybridized carbons (Fsp3) is 0.263. The first kappa shape index (κ1) is 17.5. The zero-order valence-electron chi connectivity index (χ0n) is 15.4. The minimum Gasteiger partial charge on any atom is -0.387 e. The van der Waals surface area contributed by atoms with E-state index in [-0.39, 0.29) is 0 Å². The van der Waals surface area contributed by atoms with Crippen molar-refractivity contribution < 1.29 is 5.11 Å². The first-order valence-corrected chi connectivity index (χ1v) is 8.84. The van der Waals surface area contributed by atoms with Crippen LogP contribution >= 0.6 is 0 Å². The summed E-state index contributed by atoms with van der Waals surface area (Å²) < 4.78 is 0. The molecular weight excluding hydrogens is 342 g/mol. The predicted molar refractivity (Wildman–Crippen MR) is 104 cm³/mol. The van der Waals surface area contributed by atoms with Gasteiger partial charge >= 0.3 is 0 Å². The van der Waals surface area contributed by atoms with Crippen LogP contribution < -0.4 is 10.2 Å². The van der Waals surface area contributed by atoms with Crippen LogP contribution in [0.5, 0.6) is 0 Å². The Balaban J connectivity index is 1.51. The van der Waals surface area contributed by atoms with Crippen LogP contribution in [-0.2, 0) is 0 Å². The molecule has 0 spiro atoms. The highest BCUT2D eigenvalue weighted by Gasteiger charge is 2.38. The fourth-order valence-corrected chi connectivity index (χ4v) is 3.13. The maximum atomic E-state index is 10.5. The number of nitrogens with one attached hydrogen (secondary N) is 2. The molecule has 0 bridgehead atoms. The minimum atomic E-state index is -0.573. The van der Waals surface area contributed by atoms with Gasteiger partial charge in [0.05, 0.1) is 12.3 Å². The maximum Gasteiger partial charge on any atom is 0.285 e. The number of fused-ring (bicyclic) bond motifs is 1. The molecule has 4 rings (SSSR count). The van der Waals surface area contributed by atoms with Crippen LogP contribution in [0, 0.1) is 6.92 Å². The molecule has 0 amide bonds. The Labute approximate surface area is 158 Å². The number of benzene rings is 1. The molecule has 8 nitrogen and oxygen atoms in total. The number of anilines is 1. The second-order valence-electron chi connectivity index (χ2n) is 6.65. The van der Waals surface area contributed by atoms with Crippen molar-refractivity contribution in [3.05, 3.63) is 72.1 Å². The van der Waals surface area contributed by atoms with Crippen molar-refractivity contribution in [3.63, 3.8) is 0 Å². The van der Waals surface area contributed by atoms with Crippen LogP contribution in [0.2, 0.25) is 0 Å². The van der Waals surface area contributed by atoms with Gasteiger partial charge in [-0.2, -0.15) is 10.1 Å². The molecule has 0 aliphatic carbocycles. The molecule has 2 aliphatic rings. The zero-order chi connectivity index (χ0) is 18.8. The third-order valence-corrected chi connectivity index (χ3v) is 4.57. The molecule has 2 aromatic rings. The number of aryl methyl sites for hydroxylation is 1. The monoisotopic (exact) mass is 365 g/mol. The summed E-state index contributed by atoms with van der Waals surface area (Å²) in [6.07, 6.45) is 5.13. The molecule has 27 heavy (non-hydrogen) atoms. The van der Waals surface area contributed by atoms with Crippen LogP contribution in [0.3, 0.4) is 0 Å². The summed E-state index contributed by atoms with van der Waals surface area (Å²) in [6.45, 7) is 3.05. The van der Waals surface area contributed by atoms with E-state index in [9.17, 15) is 5.11 Å². The van der Waals surface area contributed by atoms with Gasteiger partial charge in [0.2, 0.25) is 0 Å². The molecule has 8 heteroatoms. The Morgan fingerprint density at radius 2 is 2.19 bits per heavy atom. The van der Waals surface area contributed by atoms with Gasteiger partial charge in [0.1, 0.15) is 12.7 Å². The third kappa shape index (κ3) is 3.77. The molecule has 139 valence electrons. The Morgan fingerprint density at radius 1 is 1.37 bits per heavy atom. The molecule has 1 unspecified atom stereocenters. The van der Waals surface area contributed by atoms with E-state index >= 15 is 0 Å². The lowest BCUT2D eigenvalue weighted by Gasteiger charge is -2.34. The fourth-order valence-electron chi connectivity index (χ4n) is 3.13. The number of likely N-dealkylation sites (N-methyl/N-ethyl adjacent to an activating group) is 1. The average molecular weight is 365 g/mol. The van der Waals surface area contributed by atoms with Gasteiger partial charge in [-0.3, -0.25) is 15.4 Å². The molecule has 1 atom stereocenters. The van der Waals surface area contributed by atoms with Gasteiger partial charge in [0.15, 0.2) is 12.0 Å². The number of hydrazine groups is 1. The lowest BCUT2D eigenvalue weighted by Crippen LogP contribution is -2.50. The second-order valence-corrected chi connectivity index (χ2v) is 6.65. The van der Waals surface area contributed by atoms with E-state index in [1.165, 1.54) is 0 Å². The predicted octanol–water partition coefficient (Wildman–Crippen LogP) is 1.85. The molecule has 2 aliphatic heterocycles. The second kappa shape index (κ2) is 7.36. The van der Waals surface area contributed by atoms with E-state index in [2.05, 4.69) is 20.5 Å². The standard InChI is InChI=1S/C19H23N7O/c1-14-10-17(23-22-14)21-19-13-25(12-18-20-8-9-26(18)19)24(2)11-16(27)15-6-4-3-5-7-15/h3-10,13,16,27H,11-12H2,1-2H3,(H2,21,22,23)/q+1. The average Bonchev–Trinajstić information content (AvgIpc) is 3.31. The number of hydrogen-bond donors (Lipinski definition) is 3. The van der Waals surface area contributed by atoms with E-state index in [4.69, 9.17) is 0 Å². The van der Waals surface area contributed by atoms with Gasteiger partial charge < -0.3 is 5.11 Å². The van der Waals surface area contributed by atoms with Gasteiger partial charge in [0, 0.05) is 25.4 Å². The van der Waals surface area contributed by atoms with Crippen molar-refractivity contribution in [1.82, 2.24) is 25.1 Å². The minimum absolute atomic E-state index is 0.468. The van der Waals surface area contributed by atoms with Crippen LogP contribution in [0.4, 0.5) is 5.82 Å². The highest BCUT2D eigenvalue weighted by atomic mass is 16.3. The summed E-state index contributed by atoms with van der Waals surface area (Å²) in [5.74, 6) is 2.50. The lowest BCUT2D eigenvalue weighted by atomic mass is 10.1. The summed E-state index contributed by atoms with van der Waals surface area (Å²) in [4.78, 5) is 6.45. The topological polar surface area (TPSA) is 85.7 Å². The lowest BCUT2D eigenvalue weighted by molar-refractivity contribution is 0.0116. The molecule has 3 N–H and O–H groups in total. The highest BCUT2D eigenvalue weighted by molar-refractivity contribution is 5.93. The number of aromatic nitrogens is 2. The van der Waals surface area contributed by atoms with E-state index in [1.54, 1.807) is 6.20 Å². The molecular formula is C19H23N7O+. The number of aliphatic imine (C=N–C) groups is 1. The Bertz CT molecular complexity index is 886. The van der Waals surface area contributed by atoms with Crippen molar-refractivity contribution >= 4 is 11.7 Å². The summed E-state index contributed by atoms with van der Waals surface area (Å²) in [5.41, 5.74) is 1.89. The van der Waals surface area contributed by atoms with Crippen molar-refractivity contribution in [2.24, 2.45) is 4.99 Å². The summed E-state index contributed by atoms with van der Waals surface area (Å²) in [6, 6.07) is 11.6. The summed E-state index contributed by atoms with van der Waals surface area (Å²) in [7, 11) is 1.96. The van der Waals surface area contributed by atoms with Gasteiger partial charge in [-0.25, -0.2) is 5.01 Å². The number of aliphatic hydroxyl groups excluding tert-OH is 1. The van der Waals surface area contributed by atoms with Crippen LogP contribution in [0.15, 0.2) is 65.8 Å². The summed E-state index contributed by atoms with van der Waals surface area (Å²) >= 11 is 0. The maximum absolute atomic E-state index is 10.5. The van der Waals surface area contributed by atoms with Crippen LogP contribution in [0.1, 0.15) is 17.4 Å². The molecule has 1 aromatic heterocycles. The Morgan fingerprint density at radius 3 is 2.93 bits per heavy atom. The van der Waals surface area contributed by atoms with Gasteiger partial charge in [-0.15, -0.1) is 0 Å². The Kier molecular flexibility index (Phi) is 4.76. The third-order valence-electron chi connectivity index (χ3n) is 4.57. The van der Waals surface area contributed by atoms with Crippen molar-refractivity contribution in [3.8, 4) is 0 Å². The van der Waals surface area contributed by atoms with Gasteiger partial charge in [-0.1, -0.05) is 30.3 Å². The van der Waals surface area contributed by atoms with Crippen LogP contribution in [0.25, 0.3) is 0 Å². The smallest absolute Gasteiger partial charge is 0.285 e. The number of H-pyrrole nitrogens is 1. The summed E-state index contributed by atoms with van der Waals surface area (Å²) in [5, 5.41) is 25.1. The number of nitrogens with zero attached hydrogens (tertiary/aromatic N) is 5. The largest absolute Gasteiger partial charge is 0.387 e. The van der Waals surface area contributed by atoms with E-state index < -0.39 is 6.10 Å². The quantitative estimate of drug-likeness (QED) is 0.680. The highest BCUT2D eigenvalue weighted by Crippen LogP contribution is 2.21. The van der Waals surface area contributed by atoms with Gasteiger partial charge in [-0.05, 0) is 17.4 Å². The number of aliphatic hydroxyl groups is 1. The normalized spacial score (nSPS) is 17.7. The zero-order valence-corrected chi connectivity index (χ0v) is 15.4. The molecule has 3 heterocycles. The van der Waals surface area contributed by atoms with Gasteiger partial charge in [0.25, 0.3) is 11.7 Å². The molecule has 1 radical (unpaired) electrons. The van der Waals surface area contributed by atoms with E-state index in [0.717, 1.165) is 28.7 Å². The van der Waals surface area contributed by atoms with Crippen molar-refractivity contribution in [1.29, 1.82) is 0 Å². The number of hydrogen-bond acceptors (Lipinski definition) is 7. The molecule has 0 fully saturated rings. The Hall–Kier alpha value is -2.94. The molecule has 1 aromatic carbocycles. The first-order valence-electron chi connectivity index (χ1n) is 8.84. The number of aromatic amines is 1. The SMILES string of the molecule is Cc1cc(NC2=CN(N(C)CC(O)c3ccccc3)CC3=NC=C[N+]23)n[nH]1.